The molecule has 1 aliphatic rings. The number of nitrogens with one attached hydrogen (secondary N) is 1. The number of rotatable bonds is 5. The Morgan fingerprint density at radius 1 is 1.22 bits per heavy atom. The van der Waals surface area contributed by atoms with Crippen LogP contribution in [0.15, 0.2) is 30.3 Å². The summed E-state index contributed by atoms with van der Waals surface area (Å²) in [6, 6.07) is 9.66. The van der Waals surface area contributed by atoms with E-state index in [9.17, 15) is 4.79 Å². The Bertz CT molecular complexity index is 793. The molecule has 1 aliphatic heterocycles. The molecular weight excluding hydrogens is 366 g/mol. The van der Waals surface area contributed by atoms with Gasteiger partial charge in [-0.2, -0.15) is 0 Å². The Balaban J connectivity index is 1.64. The first-order valence-electron chi connectivity index (χ1n) is 9.06. The van der Waals surface area contributed by atoms with Crippen LogP contribution in [0.2, 0.25) is 5.02 Å². The zero-order valence-electron chi connectivity index (χ0n) is 15.6. The highest BCUT2D eigenvalue weighted by atomic mass is 35.5. The molecule has 1 saturated heterocycles. The second-order valence-electron chi connectivity index (χ2n) is 6.28. The monoisotopic (exact) mass is 389 g/mol. The number of carbonyl (C=O) groups excluding carboxylic acids is 1. The number of hydrogen-bond donors (Lipinski definition) is 1. The minimum Gasteiger partial charge on any atom is -0.450 e. The fraction of sp³-hybridized carbons (Fsp3) is 0.421. The van der Waals surface area contributed by atoms with Crippen molar-refractivity contribution in [2.24, 2.45) is 0 Å². The van der Waals surface area contributed by atoms with Gasteiger partial charge < -0.3 is 19.9 Å². The summed E-state index contributed by atoms with van der Waals surface area (Å²) in [6.45, 7) is 7.32. The highest BCUT2D eigenvalue weighted by molar-refractivity contribution is 6.31. The summed E-state index contributed by atoms with van der Waals surface area (Å²) >= 11 is 6.21. The average Bonchev–Trinajstić information content (AvgIpc) is 2.67. The standard InChI is InChI=1S/C19H24ClN5O2/c1-3-27-19(26)25-10-8-24(9-11-25)18-12-17(22-14(2)23-18)21-13-15-6-4-5-7-16(15)20/h4-7,12H,3,8-11,13H2,1-2H3,(H,21,22,23). The number of aromatic nitrogens is 2. The Labute approximate surface area is 164 Å². The maximum atomic E-state index is 11.8. The van der Waals surface area contributed by atoms with Gasteiger partial charge in [-0.1, -0.05) is 29.8 Å². The summed E-state index contributed by atoms with van der Waals surface area (Å²) in [6.07, 6.45) is -0.252. The quantitative estimate of drug-likeness (QED) is 0.845. The summed E-state index contributed by atoms with van der Waals surface area (Å²) in [4.78, 5) is 24.7. The molecule has 0 atom stereocenters. The normalized spacial score (nSPS) is 14.2. The van der Waals surface area contributed by atoms with Gasteiger partial charge in [0.15, 0.2) is 0 Å². The summed E-state index contributed by atoms with van der Waals surface area (Å²) in [5.41, 5.74) is 1.01. The third-order valence-corrected chi connectivity index (χ3v) is 4.74. The molecule has 8 heteroatoms. The highest BCUT2D eigenvalue weighted by Gasteiger charge is 2.23. The fourth-order valence-electron chi connectivity index (χ4n) is 2.96. The van der Waals surface area contributed by atoms with E-state index in [1.54, 1.807) is 4.90 Å². The van der Waals surface area contributed by atoms with E-state index in [1.807, 2.05) is 44.2 Å². The van der Waals surface area contributed by atoms with Gasteiger partial charge in [0, 0.05) is 43.8 Å². The number of halogens is 1. The maximum absolute atomic E-state index is 11.8. The molecule has 2 aromatic rings. The van der Waals surface area contributed by atoms with Crippen LogP contribution in [0.5, 0.6) is 0 Å². The van der Waals surface area contributed by atoms with E-state index >= 15 is 0 Å². The number of carbonyl (C=O) groups is 1. The van der Waals surface area contributed by atoms with Crippen molar-refractivity contribution in [3.8, 4) is 0 Å². The summed E-state index contributed by atoms with van der Waals surface area (Å²) in [5, 5.41) is 4.05. The molecule has 0 aliphatic carbocycles. The summed E-state index contributed by atoms with van der Waals surface area (Å²) < 4.78 is 5.07. The Morgan fingerprint density at radius 3 is 2.67 bits per heavy atom. The number of anilines is 2. The van der Waals surface area contributed by atoms with Gasteiger partial charge in [0.2, 0.25) is 0 Å². The molecule has 1 N–H and O–H groups in total. The van der Waals surface area contributed by atoms with E-state index in [2.05, 4.69) is 20.2 Å². The summed E-state index contributed by atoms with van der Waals surface area (Å²) in [7, 11) is 0. The molecular formula is C19H24ClN5O2. The molecule has 0 saturated carbocycles. The first-order chi connectivity index (χ1) is 13.1. The minimum absolute atomic E-state index is 0.252. The van der Waals surface area contributed by atoms with Crippen LogP contribution in [0.25, 0.3) is 0 Å². The zero-order chi connectivity index (χ0) is 19.2. The molecule has 0 spiro atoms. The van der Waals surface area contributed by atoms with Crippen molar-refractivity contribution in [3.63, 3.8) is 0 Å². The van der Waals surface area contributed by atoms with Gasteiger partial charge in [0.05, 0.1) is 6.61 Å². The molecule has 1 fully saturated rings. The second-order valence-corrected chi connectivity index (χ2v) is 6.68. The van der Waals surface area contributed by atoms with E-state index in [-0.39, 0.29) is 6.09 Å². The van der Waals surface area contributed by atoms with Crippen LogP contribution in [0.1, 0.15) is 18.3 Å². The largest absolute Gasteiger partial charge is 0.450 e. The predicted molar refractivity (Wildman–Crippen MR) is 106 cm³/mol. The smallest absolute Gasteiger partial charge is 0.409 e. The number of amides is 1. The van der Waals surface area contributed by atoms with Crippen LogP contribution >= 0.6 is 11.6 Å². The number of piperazine rings is 1. The van der Waals surface area contributed by atoms with E-state index < -0.39 is 0 Å². The van der Waals surface area contributed by atoms with Crippen molar-refractivity contribution < 1.29 is 9.53 Å². The van der Waals surface area contributed by atoms with Gasteiger partial charge in [0.25, 0.3) is 0 Å². The predicted octanol–water partition coefficient (Wildman–Crippen LogP) is 3.33. The van der Waals surface area contributed by atoms with Crippen molar-refractivity contribution >= 4 is 29.3 Å². The van der Waals surface area contributed by atoms with Crippen molar-refractivity contribution in [2.75, 3.05) is 43.0 Å². The molecule has 0 bridgehead atoms. The van der Waals surface area contributed by atoms with E-state index in [1.165, 1.54) is 0 Å². The van der Waals surface area contributed by atoms with Crippen LogP contribution < -0.4 is 10.2 Å². The van der Waals surface area contributed by atoms with Gasteiger partial charge >= 0.3 is 6.09 Å². The Hall–Kier alpha value is -2.54. The minimum atomic E-state index is -0.252. The number of benzene rings is 1. The van der Waals surface area contributed by atoms with E-state index in [0.717, 1.165) is 22.2 Å². The molecule has 7 nitrogen and oxygen atoms in total. The molecule has 1 amide bonds. The Morgan fingerprint density at radius 2 is 1.96 bits per heavy atom. The van der Waals surface area contributed by atoms with Gasteiger partial charge in [-0.25, -0.2) is 14.8 Å². The van der Waals surface area contributed by atoms with Crippen LogP contribution in [0.4, 0.5) is 16.4 Å². The number of aryl methyl sites for hydroxylation is 1. The average molecular weight is 390 g/mol. The molecule has 1 aromatic carbocycles. The van der Waals surface area contributed by atoms with Gasteiger partial charge in [0.1, 0.15) is 17.5 Å². The lowest BCUT2D eigenvalue weighted by Crippen LogP contribution is -2.49. The van der Waals surface area contributed by atoms with Gasteiger partial charge in [-0.3, -0.25) is 0 Å². The molecule has 1 aromatic heterocycles. The van der Waals surface area contributed by atoms with Crippen LogP contribution in [0.3, 0.4) is 0 Å². The topological polar surface area (TPSA) is 70.6 Å². The molecule has 27 heavy (non-hydrogen) atoms. The Kier molecular flexibility index (Phi) is 6.34. The van der Waals surface area contributed by atoms with Crippen molar-refractivity contribution in [1.29, 1.82) is 0 Å². The van der Waals surface area contributed by atoms with Crippen LogP contribution in [0, 0.1) is 6.92 Å². The third-order valence-electron chi connectivity index (χ3n) is 4.37. The molecule has 0 unspecified atom stereocenters. The molecule has 2 heterocycles. The summed E-state index contributed by atoms with van der Waals surface area (Å²) in [5.74, 6) is 2.31. The molecule has 144 valence electrons. The SMILES string of the molecule is CCOC(=O)N1CCN(c2cc(NCc3ccccc3Cl)nc(C)n2)CC1. The van der Waals surface area contributed by atoms with Crippen molar-refractivity contribution in [2.45, 2.75) is 20.4 Å². The first kappa shape index (κ1) is 19.2. The lowest BCUT2D eigenvalue weighted by atomic mass is 10.2. The van der Waals surface area contributed by atoms with Crippen molar-refractivity contribution in [1.82, 2.24) is 14.9 Å². The number of nitrogens with zero attached hydrogens (tertiary/aromatic N) is 4. The number of hydrogen-bond acceptors (Lipinski definition) is 6. The van der Waals surface area contributed by atoms with Gasteiger partial charge in [-0.05, 0) is 25.5 Å². The van der Waals surface area contributed by atoms with E-state index in [4.69, 9.17) is 16.3 Å². The maximum Gasteiger partial charge on any atom is 0.409 e. The van der Waals surface area contributed by atoms with E-state index in [0.29, 0.717) is 45.2 Å². The lowest BCUT2D eigenvalue weighted by Gasteiger charge is -2.34. The van der Waals surface area contributed by atoms with Crippen LogP contribution in [-0.4, -0.2) is 53.7 Å². The van der Waals surface area contributed by atoms with Crippen molar-refractivity contribution in [3.05, 3.63) is 46.7 Å². The second kappa shape index (κ2) is 8.90. The number of ether oxygens (including phenoxy) is 1. The highest BCUT2D eigenvalue weighted by Crippen LogP contribution is 2.20. The lowest BCUT2D eigenvalue weighted by molar-refractivity contribution is 0.105. The molecule has 0 radical (unpaired) electrons. The van der Waals surface area contributed by atoms with Crippen LogP contribution in [-0.2, 0) is 11.3 Å². The molecule has 3 rings (SSSR count). The fourth-order valence-corrected chi connectivity index (χ4v) is 3.17. The van der Waals surface area contributed by atoms with Gasteiger partial charge in [-0.15, -0.1) is 0 Å². The third kappa shape index (κ3) is 5.01. The zero-order valence-corrected chi connectivity index (χ0v) is 16.4. The first-order valence-corrected chi connectivity index (χ1v) is 9.44.